The van der Waals surface area contributed by atoms with E-state index in [0.717, 1.165) is 43.4 Å². The van der Waals surface area contributed by atoms with Crippen molar-refractivity contribution in [1.29, 1.82) is 0 Å². The van der Waals surface area contributed by atoms with Gasteiger partial charge in [0.25, 0.3) is 11.5 Å². The third-order valence-electron chi connectivity index (χ3n) is 4.86. The summed E-state index contributed by atoms with van der Waals surface area (Å²) in [5.41, 5.74) is 0.830. The first-order valence-corrected chi connectivity index (χ1v) is 8.10. The van der Waals surface area contributed by atoms with Gasteiger partial charge in [-0.15, -0.1) is 0 Å². The molecule has 3 N–H and O–H groups in total. The molecule has 1 amide bonds. The number of fused-ring (bicyclic) bond motifs is 1. The number of amides is 1. The first-order chi connectivity index (χ1) is 10.3. The molecule has 1 aromatic rings. The number of aromatic nitrogens is 1. The highest BCUT2D eigenvalue weighted by molar-refractivity contribution is 5.94. The van der Waals surface area contributed by atoms with Crippen molar-refractivity contribution in [3.8, 4) is 0 Å². The molecule has 5 nitrogen and oxygen atoms in total. The van der Waals surface area contributed by atoms with E-state index in [2.05, 4.69) is 10.3 Å². The lowest BCUT2D eigenvalue weighted by molar-refractivity contribution is 0.00591. The van der Waals surface area contributed by atoms with Crippen LogP contribution in [0.25, 0.3) is 0 Å². The van der Waals surface area contributed by atoms with Crippen LogP contribution in [0.15, 0.2) is 10.9 Å². The number of aromatic amines is 1. The summed E-state index contributed by atoms with van der Waals surface area (Å²) in [5.74, 6) is -0.354. The molecule has 0 aliphatic heterocycles. The standard InChI is InChI=1S/C17H26N2O3/c1-4-11(2)17(3,22)10-18-15(20)13-9-12-7-5-6-8-14(12)19-16(13)21/h9,11,22H,4-8,10H2,1-3H3,(H,18,20)(H,19,21). The maximum Gasteiger partial charge on any atom is 0.261 e. The van der Waals surface area contributed by atoms with Crippen molar-refractivity contribution in [2.24, 2.45) is 5.92 Å². The van der Waals surface area contributed by atoms with Crippen LogP contribution in [-0.4, -0.2) is 28.1 Å². The van der Waals surface area contributed by atoms with Crippen LogP contribution in [-0.2, 0) is 12.8 Å². The predicted molar refractivity (Wildman–Crippen MR) is 86.1 cm³/mol. The number of aryl methyl sites for hydroxylation is 2. The van der Waals surface area contributed by atoms with E-state index in [9.17, 15) is 14.7 Å². The topological polar surface area (TPSA) is 82.2 Å². The van der Waals surface area contributed by atoms with Gasteiger partial charge < -0.3 is 15.4 Å². The normalized spacial score (nSPS) is 18.2. The zero-order valence-electron chi connectivity index (χ0n) is 13.7. The number of aliphatic hydroxyl groups is 1. The SMILES string of the molecule is CCC(C)C(C)(O)CNC(=O)c1cc2c([nH]c1=O)CCCC2. The van der Waals surface area contributed by atoms with E-state index in [1.807, 2.05) is 13.8 Å². The molecule has 5 heteroatoms. The molecule has 1 heterocycles. The predicted octanol–water partition coefficient (Wildman–Crippen LogP) is 1.78. The fourth-order valence-electron chi connectivity index (χ4n) is 2.81. The molecule has 0 spiro atoms. The quantitative estimate of drug-likeness (QED) is 0.775. The van der Waals surface area contributed by atoms with Gasteiger partial charge in [0, 0.05) is 12.2 Å². The smallest absolute Gasteiger partial charge is 0.261 e. The second-order valence-electron chi connectivity index (χ2n) is 6.57. The molecular formula is C17H26N2O3. The van der Waals surface area contributed by atoms with Gasteiger partial charge in [-0.3, -0.25) is 9.59 Å². The maximum absolute atomic E-state index is 12.3. The van der Waals surface area contributed by atoms with Crippen molar-refractivity contribution in [3.63, 3.8) is 0 Å². The highest BCUT2D eigenvalue weighted by Gasteiger charge is 2.28. The molecule has 2 unspecified atom stereocenters. The number of hydrogen-bond donors (Lipinski definition) is 3. The first kappa shape index (κ1) is 16.7. The highest BCUT2D eigenvalue weighted by atomic mass is 16.3. The average molecular weight is 306 g/mol. The van der Waals surface area contributed by atoms with Crippen molar-refractivity contribution in [2.75, 3.05) is 6.54 Å². The number of rotatable bonds is 5. The van der Waals surface area contributed by atoms with E-state index in [1.54, 1.807) is 13.0 Å². The molecule has 0 bridgehead atoms. The Balaban J connectivity index is 2.12. The zero-order chi connectivity index (χ0) is 16.3. The highest BCUT2D eigenvalue weighted by Crippen LogP contribution is 2.20. The lowest BCUT2D eigenvalue weighted by atomic mass is 9.88. The average Bonchev–Trinajstić information content (AvgIpc) is 2.51. The molecule has 122 valence electrons. The number of hydrogen-bond acceptors (Lipinski definition) is 3. The zero-order valence-corrected chi connectivity index (χ0v) is 13.7. The summed E-state index contributed by atoms with van der Waals surface area (Å²) in [6.45, 7) is 5.78. The number of carbonyl (C=O) groups is 1. The molecule has 0 radical (unpaired) electrons. The van der Waals surface area contributed by atoms with Gasteiger partial charge in [-0.2, -0.15) is 0 Å². The number of pyridine rings is 1. The van der Waals surface area contributed by atoms with Gasteiger partial charge in [-0.25, -0.2) is 0 Å². The van der Waals surface area contributed by atoms with E-state index in [0.29, 0.717) is 0 Å². The summed E-state index contributed by atoms with van der Waals surface area (Å²) < 4.78 is 0. The molecule has 1 aromatic heterocycles. The Hall–Kier alpha value is -1.62. The van der Waals surface area contributed by atoms with E-state index >= 15 is 0 Å². The van der Waals surface area contributed by atoms with Crippen molar-refractivity contribution in [3.05, 3.63) is 33.2 Å². The van der Waals surface area contributed by atoms with E-state index in [4.69, 9.17) is 0 Å². The summed E-state index contributed by atoms with van der Waals surface area (Å²) in [5, 5.41) is 13.0. The molecule has 2 atom stereocenters. The van der Waals surface area contributed by atoms with Crippen LogP contribution in [0.4, 0.5) is 0 Å². The Morgan fingerprint density at radius 1 is 1.45 bits per heavy atom. The van der Waals surface area contributed by atoms with Crippen molar-refractivity contribution < 1.29 is 9.90 Å². The Kier molecular flexibility index (Phi) is 5.06. The van der Waals surface area contributed by atoms with Gasteiger partial charge in [-0.1, -0.05) is 20.3 Å². The maximum atomic E-state index is 12.3. The molecule has 0 saturated heterocycles. The van der Waals surface area contributed by atoms with Crippen LogP contribution < -0.4 is 10.9 Å². The Morgan fingerprint density at radius 3 is 2.82 bits per heavy atom. The molecule has 1 aliphatic rings. The molecular weight excluding hydrogens is 280 g/mol. The Labute approximate surface area is 131 Å². The van der Waals surface area contributed by atoms with Gasteiger partial charge in [0.1, 0.15) is 5.56 Å². The van der Waals surface area contributed by atoms with Crippen LogP contribution >= 0.6 is 0 Å². The second kappa shape index (κ2) is 6.65. The van der Waals surface area contributed by atoms with Crippen molar-refractivity contribution in [2.45, 2.75) is 58.5 Å². The number of carbonyl (C=O) groups excluding carboxylic acids is 1. The third-order valence-corrected chi connectivity index (χ3v) is 4.86. The largest absolute Gasteiger partial charge is 0.388 e. The van der Waals surface area contributed by atoms with Gasteiger partial charge in [0.05, 0.1) is 5.60 Å². The fraction of sp³-hybridized carbons (Fsp3) is 0.647. The van der Waals surface area contributed by atoms with Crippen LogP contribution in [0.2, 0.25) is 0 Å². The molecule has 0 aromatic carbocycles. The van der Waals surface area contributed by atoms with E-state index in [-0.39, 0.29) is 23.6 Å². The molecule has 22 heavy (non-hydrogen) atoms. The van der Waals surface area contributed by atoms with Gasteiger partial charge in [-0.05, 0) is 50.2 Å². The van der Waals surface area contributed by atoms with Crippen LogP contribution in [0.5, 0.6) is 0 Å². The number of nitrogens with one attached hydrogen (secondary N) is 2. The summed E-state index contributed by atoms with van der Waals surface area (Å²) >= 11 is 0. The lowest BCUT2D eigenvalue weighted by Gasteiger charge is -2.29. The molecule has 2 rings (SSSR count). The first-order valence-electron chi connectivity index (χ1n) is 8.10. The lowest BCUT2D eigenvalue weighted by Crippen LogP contribution is -2.46. The minimum Gasteiger partial charge on any atom is -0.388 e. The second-order valence-corrected chi connectivity index (χ2v) is 6.57. The fourth-order valence-corrected chi connectivity index (χ4v) is 2.81. The minimum atomic E-state index is -0.981. The van der Waals surface area contributed by atoms with Crippen LogP contribution in [0.3, 0.4) is 0 Å². The Morgan fingerprint density at radius 2 is 2.14 bits per heavy atom. The number of H-pyrrole nitrogens is 1. The summed E-state index contributed by atoms with van der Waals surface area (Å²) in [6.07, 6.45) is 4.75. The summed E-state index contributed by atoms with van der Waals surface area (Å²) in [7, 11) is 0. The van der Waals surface area contributed by atoms with E-state index in [1.165, 1.54) is 0 Å². The van der Waals surface area contributed by atoms with Gasteiger partial charge in [0.15, 0.2) is 0 Å². The molecule has 1 aliphatic carbocycles. The molecule has 0 fully saturated rings. The van der Waals surface area contributed by atoms with Gasteiger partial charge in [0.2, 0.25) is 0 Å². The summed E-state index contributed by atoms with van der Waals surface area (Å²) in [4.78, 5) is 27.2. The molecule has 0 saturated carbocycles. The monoisotopic (exact) mass is 306 g/mol. The Bertz CT molecular complexity index is 604. The van der Waals surface area contributed by atoms with Crippen LogP contribution in [0, 0.1) is 5.92 Å². The van der Waals surface area contributed by atoms with Gasteiger partial charge >= 0.3 is 0 Å². The third kappa shape index (κ3) is 3.58. The van der Waals surface area contributed by atoms with Crippen molar-refractivity contribution >= 4 is 5.91 Å². The summed E-state index contributed by atoms with van der Waals surface area (Å²) in [6, 6.07) is 1.71. The van der Waals surface area contributed by atoms with Crippen LogP contribution in [0.1, 0.15) is 61.6 Å². The van der Waals surface area contributed by atoms with Crippen molar-refractivity contribution in [1.82, 2.24) is 10.3 Å². The van der Waals surface area contributed by atoms with E-state index < -0.39 is 11.5 Å². The minimum absolute atomic E-state index is 0.0645.